The van der Waals surface area contributed by atoms with Crippen LogP contribution in [-0.4, -0.2) is 0 Å². The Morgan fingerprint density at radius 2 is 0.944 bits per heavy atom. The largest absolute Gasteiger partial charge is 0.456 e. The molecule has 0 N–H and O–H groups in total. The van der Waals surface area contributed by atoms with Gasteiger partial charge in [0.25, 0.3) is 0 Å². The average Bonchev–Trinajstić information content (AvgIpc) is 2.93. The van der Waals surface area contributed by atoms with Gasteiger partial charge in [0.15, 0.2) is 5.58 Å². The van der Waals surface area contributed by atoms with Gasteiger partial charge in [-0.2, -0.15) is 0 Å². The fourth-order valence-corrected chi connectivity index (χ4v) is 4.87. The van der Waals surface area contributed by atoms with Crippen LogP contribution in [0.15, 0.2) is 128 Å². The highest BCUT2D eigenvalue weighted by atomic mass is 16.3. The fourth-order valence-electron chi connectivity index (χ4n) is 4.87. The van der Waals surface area contributed by atoms with Gasteiger partial charge in [0.1, 0.15) is 22.1 Å². The third kappa shape index (κ3) is 3.08. The summed E-state index contributed by atoms with van der Waals surface area (Å²) in [6.07, 6.45) is 0. The first-order valence-electron chi connectivity index (χ1n) is 11.7. The SMILES string of the molecule is O=c1c2ccc(-c3ccccc3)cc2oc2c1ccc1oc3cc(-c4ccccc4)ccc3c(=O)c12. The number of hydrogen-bond acceptors (Lipinski definition) is 4. The van der Waals surface area contributed by atoms with Crippen molar-refractivity contribution in [2.24, 2.45) is 0 Å². The molecule has 170 valence electrons. The lowest BCUT2D eigenvalue weighted by molar-refractivity contribution is 0.649. The van der Waals surface area contributed by atoms with Gasteiger partial charge < -0.3 is 8.83 Å². The normalized spacial score (nSPS) is 11.6. The predicted molar refractivity (Wildman–Crippen MR) is 144 cm³/mol. The van der Waals surface area contributed by atoms with Crippen molar-refractivity contribution in [2.45, 2.75) is 0 Å². The zero-order valence-corrected chi connectivity index (χ0v) is 19.0. The topological polar surface area (TPSA) is 60.4 Å². The maximum absolute atomic E-state index is 13.7. The van der Waals surface area contributed by atoms with Crippen LogP contribution in [0.4, 0.5) is 0 Å². The van der Waals surface area contributed by atoms with E-state index in [-0.39, 0.29) is 21.8 Å². The summed E-state index contributed by atoms with van der Waals surface area (Å²) < 4.78 is 12.4. The summed E-state index contributed by atoms with van der Waals surface area (Å²) in [7, 11) is 0. The first-order chi connectivity index (χ1) is 17.7. The molecule has 0 spiro atoms. The van der Waals surface area contributed by atoms with Crippen molar-refractivity contribution in [3.05, 3.63) is 130 Å². The van der Waals surface area contributed by atoms with Crippen LogP contribution in [0.25, 0.3) is 66.1 Å². The van der Waals surface area contributed by atoms with Crippen molar-refractivity contribution in [1.29, 1.82) is 0 Å². The standard InChI is InChI=1S/C32H18O4/c33-30-23-13-11-22(20-9-5-2-6-10-20)18-28(23)36-32-25(30)15-16-26-29(32)31(34)24-14-12-21(17-27(24)35-26)19-7-3-1-4-8-19/h1-18H. The summed E-state index contributed by atoms with van der Waals surface area (Å²) >= 11 is 0. The van der Waals surface area contributed by atoms with Gasteiger partial charge >= 0.3 is 0 Å². The molecule has 5 aromatic carbocycles. The van der Waals surface area contributed by atoms with Crippen LogP contribution in [0.3, 0.4) is 0 Å². The quantitative estimate of drug-likeness (QED) is 0.195. The lowest BCUT2D eigenvalue weighted by Crippen LogP contribution is -2.07. The minimum Gasteiger partial charge on any atom is -0.456 e. The van der Waals surface area contributed by atoms with Crippen molar-refractivity contribution in [2.75, 3.05) is 0 Å². The first kappa shape index (κ1) is 20.4. The summed E-state index contributed by atoms with van der Waals surface area (Å²) in [6.45, 7) is 0. The van der Waals surface area contributed by atoms with Crippen LogP contribution >= 0.6 is 0 Å². The van der Waals surface area contributed by atoms with Crippen LogP contribution in [0.1, 0.15) is 0 Å². The lowest BCUT2D eigenvalue weighted by Gasteiger charge is -2.08. The van der Waals surface area contributed by atoms with E-state index in [0.29, 0.717) is 32.9 Å². The second-order valence-electron chi connectivity index (χ2n) is 8.83. The number of rotatable bonds is 2. The maximum atomic E-state index is 13.7. The van der Waals surface area contributed by atoms with Gasteiger partial charge in [-0.1, -0.05) is 72.8 Å². The molecule has 0 unspecified atom stereocenters. The molecule has 0 fully saturated rings. The van der Waals surface area contributed by atoms with E-state index < -0.39 is 0 Å². The average molecular weight is 466 g/mol. The summed E-state index contributed by atoms with van der Waals surface area (Å²) in [4.78, 5) is 27.0. The highest BCUT2D eigenvalue weighted by molar-refractivity contribution is 6.07. The monoisotopic (exact) mass is 466 g/mol. The molecule has 0 saturated heterocycles. The molecule has 0 bridgehead atoms. The summed E-state index contributed by atoms with van der Waals surface area (Å²) in [5.41, 5.74) is 5.08. The van der Waals surface area contributed by atoms with Gasteiger partial charge in [0.05, 0.1) is 16.2 Å². The zero-order valence-electron chi connectivity index (χ0n) is 19.0. The fraction of sp³-hybridized carbons (Fsp3) is 0. The van der Waals surface area contributed by atoms with Gasteiger partial charge in [-0.15, -0.1) is 0 Å². The molecule has 0 atom stereocenters. The Kier molecular flexibility index (Phi) is 4.42. The van der Waals surface area contributed by atoms with Crippen LogP contribution in [-0.2, 0) is 0 Å². The third-order valence-corrected chi connectivity index (χ3v) is 6.69. The van der Waals surface area contributed by atoms with Crippen LogP contribution in [0.2, 0.25) is 0 Å². The molecule has 0 amide bonds. The van der Waals surface area contributed by atoms with E-state index in [0.717, 1.165) is 22.3 Å². The lowest BCUT2D eigenvalue weighted by atomic mass is 10.0. The molecular weight excluding hydrogens is 448 g/mol. The summed E-state index contributed by atoms with van der Waals surface area (Å²) in [5.74, 6) is 0. The van der Waals surface area contributed by atoms with Crippen molar-refractivity contribution in [1.82, 2.24) is 0 Å². The van der Waals surface area contributed by atoms with Crippen molar-refractivity contribution >= 4 is 43.9 Å². The van der Waals surface area contributed by atoms with Gasteiger partial charge in [0, 0.05) is 0 Å². The molecule has 0 radical (unpaired) electrons. The number of hydrogen-bond donors (Lipinski definition) is 0. The number of benzene rings is 5. The van der Waals surface area contributed by atoms with E-state index in [2.05, 4.69) is 0 Å². The maximum Gasteiger partial charge on any atom is 0.204 e. The van der Waals surface area contributed by atoms with Crippen molar-refractivity contribution in [3.63, 3.8) is 0 Å². The molecule has 0 aliphatic heterocycles. The first-order valence-corrected chi connectivity index (χ1v) is 11.7. The molecule has 2 aromatic heterocycles. The molecule has 4 heteroatoms. The van der Waals surface area contributed by atoms with E-state index in [1.165, 1.54) is 0 Å². The highest BCUT2D eigenvalue weighted by Gasteiger charge is 2.17. The zero-order chi connectivity index (χ0) is 24.2. The van der Waals surface area contributed by atoms with E-state index in [9.17, 15) is 9.59 Å². The smallest absolute Gasteiger partial charge is 0.204 e. The second kappa shape index (κ2) is 7.79. The number of fused-ring (bicyclic) bond motifs is 5. The van der Waals surface area contributed by atoms with E-state index in [1.54, 1.807) is 24.3 Å². The molecular formula is C32H18O4. The summed E-state index contributed by atoms with van der Waals surface area (Å²) in [6, 6.07) is 34.2. The Bertz CT molecular complexity index is 2070. The van der Waals surface area contributed by atoms with Crippen LogP contribution < -0.4 is 10.9 Å². The van der Waals surface area contributed by atoms with Crippen molar-refractivity contribution in [3.8, 4) is 22.3 Å². The van der Waals surface area contributed by atoms with E-state index in [4.69, 9.17) is 8.83 Å². The molecule has 36 heavy (non-hydrogen) atoms. The van der Waals surface area contributed by atoms with Crippen molar-refractivity contribution < 1.29 is 8.83 Å². The second-order valence-corrected chi connectivity index (χ2v) is 8.83. The Morgan fingerprint density at radius 1 is 0.417 bits per heavy atom. The van der Waals surface area contributed by atoms with E-state index in [1.807, 2.05) is 84.9 Å². The van der Waals surface area contributed by atoms with Crippen LogP contribution in [0.5, 0.6) is 0 Å². The van der Waals surface area contributed by atoms with Crippen LogP contribution in [0, 0.1) is 0 Å². The highest BCUT2D eigenvalue weighted by Crippen LogP contribution is 2.31. The van der Waals surface area contributed by atoms with Gasteiger partial charge in [-0.3, -0.25) is 9.59 Å². The minimum absolute atomic E-state index is 0.174. The Labute approximate surface area is 204 Å². The predicted octanol–water partition coefficient (Wildman–Crippen LogP) is 7.54. The minimum atomic E-state index is -0.224. The molecule has 4 nitrogen and oxygen atoms in total. The molecule has 7 rings (SSSR count). The van der Waals surface area contributed by atoms with Gasteiger partial charge in [-0.05, 0) is 58.7 Å². The Balaban J connectivity index is 1.52. The molecule has 0 aliphatic rings. The molecule has 7 aromatic rings. The Hall–Kier alpha value is -4.96. The van der Waals surface area contributed by atoms with Gasteiger partial charge in [0.2, 0.25) is 10.9 Å². The molecule has 2 heterocycles. The van der Waals surface area contributed by atoms with Gasteiger partial charge in [-0.25, -0.2) is 0 Å². The summed E-state index contributed by atoms with van der Waals surface area (Å²) in [5, 5.41) is 1.54. The third-order valence-electron chi connectivity index (χ3n) is 6.69. The molecule has 0 saturated carbocycles. The van der Waals surface area contributed by atoms with E-state index >= 15 is 0 Å². The molecule has 0 aliphatic carbocycles. The Morgan fingerprint density at radius 3 is 1.56 bits per heavy atom.